The number of nitrogens with zero attached hydrogens (tertiary/aromatic N) is 4. The summed E-state index contributed by atoms with van der Waals surface area (Å²) in [6.07, 6.45) is 4.83. The molecule has 2 aromatic rings. The molecule has 0 radical (unpaired) electrons. The first kappa shape index (κ1) is 13.8. The third kappa shape index (κ3) is 2.53. The van der Waals surface area contributed by atoms with Crippen molar-refractivity contribution in [3.05, 3.63) is 12.5 Å². The van der Waals surface area contributed by atoms with E-state index in [0.717, 1.165) is 28.9 Å². The van der Waals surface area contributed by atoms with Crippen molar-refractivity contribution in [2.24, 2.45) is 0 Å². The number of ether oxygens (including phenoxy) is 1. The normalized spacial score (nSPS) is 23.0. The van der Waals surface area contributed by atoms with Crippen molar-refractivity contribution in [1.29, 1.82) is 0 Å². The Kier molecular flexibility index (Phi) is 3.91. The fourth-order valence-electron chi connectivity index (χ4n) is 2.37. The molecule has 0 aliphatic carbocycles. The molecule has 0 spiro atoms. The largest absolute Gasteiger partial charge is 0.394 e. The van der Waals surface area contributed by atoms with E-state index in [0.29, 0.717) is 5.25 Å². The highest BCUT2D eigenvalue weighted by Gasteiger charge is 2.28. The zero-order valence-electron chi connectivity index (χ0n) is 11.6. The van der Waals surface area contributed by atoms with Gasteiger partial charge in [0.15, 0.2) is 11.9 Å². The lowest BCUT2D eigenvalue weighted by molar-refractivity contribution is -0.0262. The van der Waals surface area contributed by atoms with Gasteiger partial charge in [0, 0.05) is 5.25 Å². The summed E-state index contributed by atoms with van der Waals surface area (Å²) in [5.41, 5.74) is 0.798. The van der Waals surface area contributed by atoms with Gasteiger partial charge in [-0.05, 0) is 12.8 Å². The van der Waals surface area contributed by atoms with E-state index in [1.54, 1.807) is 29.0 Å². The number of hydrogen-bond acceptors (Lipinski definition) is 6. The Morgan fingerprint density at radius 1 is 1.45 bits per heavy atom. The van der Waals surface area contributed by atoms with Gasteiger partial charge in [-0.25, -0.2) is 14.6 Å². The van der Waals surface area contributed by atoms with Crippen LogP contribution in [0.4, 0.5) is 0 Å². The highest BCUT2D eigenvalue weighted by molar-refractivity contribution is 8.00. The van der Waals surface area contributed by atoms with Gasteiger partial charge in [-0.15, -0.1) is 11.8 Å². The predicted molar refractivity (Wildman–Crippen MR) is 76.5 cm³/mol. The SMILES string of the molecule is CC(C)Sc1ncnc2c1cnn2C1CCC(CO)O1. The Bertz CT molecular complexity index is 601. The minimum Gasteiger partial charge on any atom is -0.394 e. The summed E-state index contributed by atoms with van der Waals surface area (Å²) >= 11 is 1.70. The Morgan fingerprint density at radius 2 is 2.30 bits per heavy atom. The molecule has 0 aromatic carbocycles. The first-order valence-corrected chi connectivity index (χ1v) is 7.68. The molecule has 1 N–H and O–H groups in total. The van der Waals surface area contributed by atoms with Crippen LogP contribution in [0.25, 0.3) is 11.0 Å². The number of aliphatic hydroxyl groups is 1. The standard InChI is InChI=1S/C13H18N4O2S/c1-8(2)20-13-10-5-16-17(12(10)14-7-15-13)11-4-3-9(6-18)19-11/h5,7-9,11,18H,3-4,6H2,1-2H3. The van der Waals surface area contributed by atoms with E-state index in [-0.39, 0.29) is 18.9 Å². The molecular formula is C13H18N4O2S. The zero-order valence-corrected chi connectivity index (χ0v) is 12.4. The molecular weight excluding hydrogens is 276 g/mol. The van der Waals surface area contributed by atoms with Gasteiger partial charge in [-0.3, -0.25) is 0 Å². The van der Waals surface area contributed by atoms with Crippen molar-refractivity contribution < 1.29 is 9.84 Å². The lowest BCUT2D eigenvalue weighted by Gasteiger charge is -2.13. The molecule has 2 atom stereocenters. The van der Waals surface area contributed by atoms with Crippen molar-refractivity contribution >= 4 is 22.8 Å². The molecule has 7 heteroatoms. The molecule has 3 rings (SSSR count). The van der Waals surface area contributed by atoms with Gasteiger partial charge in [-0.2, -0.15) is 5.10 Å². The molecule has 2 unspecified atom stereocenters. The average molecular weight is 294 g/mol. The van der Waals surface area contributed by atoms with Gasteiger partial charge in [0.25, 0.3) is 0 Å². The van der Waals surface area contributed by atoms with Gasteiger partial charge in [0.05, 0.1) is 24.3 Å². The van der Waals surface area contributed by atoms with Crippen molar-refractivity contribution in [2.45, 2.75) is 49.3 Å². The van der Waals surface area contributed by atoms with Crippen LogP contribution < -0.4 is 0 Å². The summed E-state index contributed by atoms with van der Waals surface area (Å²) in [6, 6.07) is 0. The maximum absolute atomic E-state index is 9.15. The lowest BCUT2D eigenvalue weighted by Crippen LogP contribution is -2.15. The number of rotatable bonds is 4. The highest BCUT2D eigenvalue weighted by atomic mass is 32.2. The summed E-state index contributed by atoms with van der Waals surface area (Å²) in [4.78, 5) is 8.67. The molecule has 0 saturated carbocycles. The van der Waals surface area contributed by atoms with E-state index >= 15 is 0 Å². The van der Waals surface area contributed by atoms with Crippen LogP contribution in [0.15, 0.2) is 17.6 Å². The van der Waals surface area contributed by atoms with Gasteiger partial charge >= 0.3 is 0 Å². The van der Waals surface area contributed by atoms with Crippen LogP contribution in [0.2, 0.25) is 0 Å². The molecule has 3 heterocycles. The van der Waals surface area contributed by atoms with Crippen molar-refractivity contribution in [3.63, 3.8) is 0 Å². The molecule has 108 valence electrons. The first-order valence-electron chi connectivity index (χ1n) is 6.80. The number of aromatic nitrogens is 4. The molecule has 0 bridgehead atoms. The number of aliphatic hydroxyl groups excluding tert-OH is 1. The van der Waals surface area contributed by atoms with Crippen LogP contribution in [0.1, 0.15) is 32.9 Å². The number of hydrogen-bond donors (Lipinski definition) is 1. The van der Waals surface area contributed by atoms with Crippen LogP contribution in [0.5, 0.6) is 0 Å². The van der Waals surface area contributed by atoms with Gasteiger partial charge in [-0.1, -0.05) is 13.8 Å². The second-order valence-electron chi connectivity index (χ2n) is 5.14. The van der Waals surface area contributed by atoms with E-state index in [4.69, 9.17) is 9.84 Å². The van der Waals surface area contributed by atoms with E-state index in [1.165, 1.54) is 0 Å². The zero-order chi connectivity index (χ0) is 14.1. The van der Waals surface area contributed by atoms with Gasteiger partial charge in [0.1, 0.15) is 11.4 Å². The Labute approximate surface area is 121 Å². The second-order valence-corrected chi connectivity index (χ2v) is 6.71. The molecule has 0 amide bonds. The summed E-state index contributed by atoms with van der Waals surface area (Å²) < 4.78 is 7.57. The third-order valence-corrected chi connectivity index (χ3v) is 4.28. The van der Waals surface area contributed by atoms with Crippen LogP contribution in [0, 0.1) is 0 Å². The molecule has 1 aliphatic heterocycles. The first-order chi connectivity index (χ1) is 9.69. The van der Waals surface area contributed by atoms with Crippen LogP contribution in [0.3, 0.4) is 0 Å². The summed E-state index contributed by atoms with van der Waals surface area (Å²) in [5, 5.41) is 15.9. The van der Waals surface area contributed by atoms with Crippen LogP contribution >= 0.6 is 11.8 Å². The predicted octanol–water partition coefficient (Wildman–Crippen LogP) is 2.00. The smallest absolute Gasteiger partial charge is 0.164 e. The maximum atomic E-state index is 9.15. The minimum absolute atomic E-state index is 0.0547. The monoisotopic (exact) mass is 294 g/mol. The fourth-order valence-corrected chi connectivity index (χ4v) is 3.20. The molecule has 1 fully saturated rings. The van der Waals surface area contributed by atoms with Crippen LogP contribution in [-0.4, -0.2) is 42.8 Å². The highest BCUT2D eigenvalue weighted by Crippen LogP contribution is 2.32. The van der Waals surface area contributed by atoms with Crippen molar-refractivity contribution in [3.8, 4) is 0 Å². The van der Waals surface area contributed by atoms with Crippen LogP contribution in [-0.2, 0) is 4.74 Å². The minimum atomic E-state index is -0.142. The summed E-state index contributed by atoms with van der Waals surface area (Å²) in [7, 11) is 0. The lowest BCUT2D eigenvalue weighted by atomic mass is 10.2. The molecule has 6 nitrogen and oxygen atoms in total. The van der Waals surface area contributed by atoms with E-state index < -0.39 is 0 Å². The quantitative estimate of drug-likeness (QED) is 0.687. The van der Waals surface area contributed by atoms with Gasteiger partial charge in [0.2, 0.25) is 0 Å². The molecule has 2 aromatic heterocycles. The van der Waals surface area contributed by atoms with Crippen molar-refractivity contribution in [1.82, 2.24) is 19.7 Å². The Hall–Kier alpha value is -1.18. The van der Waals surface area contributed by atoms with Crippen molar-refractivity contribution in [2.75, 3.05) is 6.61 Å². The number of fused-ring (bicyclic) bond motifs is 1. The van der Waals surface area contributed by atoms with E-state index in [1.807, 2.05) is 0 Å². The average Bonchev–Trinajstić information content (AvgIpc) is 3.04. The topological polar surface area (TPSA) is 73.1 Å². The summed E-state index contributed by atoms with van der Waals surface area (Å²) in [5.74, 6) is 0. The fraction of sp³-hybridized carbons (Fsp3) is 0.615. The Balaban J connectivity index is 1.94. The summed E-state index contributed by atoms with van der Waals surface area (Å²) in [6.45, 7) is 4.32. The van der Waals surface area contributed by atoms with E-state index in [9.17, 15) is 0 Å². The maximum Gasteiger partial charge on any atom is 0.164 e. The molecule has 1 saturated heterocycles. The van der Waals surface area contributed by atoms with Gasteiger partial charge < -0.3 is 9.84 Å². The number of thioether (sulfide) groups is 1. The Morgan fingerprint density at radius 3 is 3.00 bits per heavy atom. The second kappa shape index (κ2) is 5.67. The molecule has 1 aliphatic rings. The molecule has 20 heavy (non-hydrogen) atoms. The third-order valence-electron chi connectivity index (χ3n) is 3.26. The van der Waals surface area contributed by atoms with E-state index in [2.05, 4.69) is 28.9 Å².